The molecule has 0 radical (unpaired) electrons. The molecule has 1 N–H and O–H groups in total. The molecule has 0 spiro atoms. The van der Waals surface area contributed by atoms with E-state index in [1.807, 2.05) is 0 Å². The van der Waals surface area contributed by atoms with Crippen molar-refractivity contribution < 1.29 is 4.74 Å². The summed E-state index contributed by atoms with van der Waals surface area (Å²) in [5, 5.41) is 3.52. The van der Waals surface area contributed by atoms with Gasteiger partial charge in [0.05, 0.1) is 0 Å². The molecule has 1 aromatic rings. The lowest BCUT2D eigenvalue weighted by atomic mass is 9.90. The minimum atomic E-state index is -0.0340. The summed E-state index contributed by atoms with van der Waals surface area (Å²) < 4.78 is 6.16. The van der Waals surface area contributed by atoms with Crippen molar-refractivity contribution in [1.82, 2.24) is 5.32 Å². The van der Waals surface area contributed by atoms with E-state index in [1.54, 1.807) is 0 Å². The fourth-order valence-electron chi connectivity index (χ4n) is 3.21. The highest BCUT2D eigenvalue weighted by molar-refractivity contribution is 5.48. The molecule has 2 aliphatic rings. The van der Waals surface area contributed by atoms with E-state index in [1.165, 1.54) is 17.5 Å². The van der Waals surface area contributed by atoms with Crippen molar-refractivity contribution in [2.24, 2.45) is 0 Å². The molecular formula is C15H21NO. The molecule has 0 saturated carbocycles. The fourth-order valence-corrected chi connectivity index (χ4v) is 3.21. The largest absolute Gasteiger partial charge is 0.487 e. The van der Waals surface area contributed by atoms with Gasteiger partial charge in [-0.25, -0.2) is 0 Å². The maximum absolute atomic E-state index is 6.16. The molecule has 0 aromatic heterocycles. The van der Waals surface area contributed by atoms with Crippen molar-refractivity contribution in [3.8, 4) is 5.75 Å². The van der Waals surface area contributed by atoms with Crippen LogP contribution in [0.2, 0.25) is 0 Å². The summed E-state index contributed by atoms with van der Waals surface area (Å²) in [5.41, 5.74) is 2.76. The summed E-state index contributed by atoms with van der Waals surface area (Å²) in [5.74, 6) is 1.77. The van der Waals surface area contributed by atoms with Gasteiger partial charge in [0.25, 0.3) is 0 Å². The zero-order valence-corrected chi connectivity index (χ0v) is 10.9. The number of hydrogen-bond acceptors (Lipinski definition) is 2. The van der Waals surface area contributed by atoms with Gasteiger partial charge in [-0.15, -0.1) is 0 Å². The summed E-state index contributed by atoms with van der Waals surface area (Å²) in [6, 6.07) is 7.20. The van der Waals surface area contributed by atoms with Gasteiger partial charge in [0.15, 0.2) is 0 Å². The van der Waals surface area contributed by atoms with Gasteiger partial charge in [-0.3, -0.25) is 0 Å². The van der Waals surface area contributed by atoms with Gasteiger partial charge in [-0.1, -0.05) is 18.2 Å². The number of para-hydroxylation sites is 1. The molecule has 2 atom stereocenters. The summed E-state index contributed by atoms with van der Waals surface area (Å²) in [6.45, 7) is 7.75. The summed E-state index contributed by atoms with van der Waals surface area (Å²) >= 11 is 0. The molecule has 2 nitrogen and oxygen atoms in total. The highest BCUT2D eigenvalue weighted by Crippen LogP contribution is 2.43. The second kappa shape index (κ2) is 3.74. The van der Waals surface area contributed by atoms with Gasteiger partial charge >= 0.3 is 0 Å². The van der Waals surface area contributed by atoms with Crippen LogP contribution in [0, 0.1) is 0 Å². The average Bonchev–Trinajstić information content (AvgIpc) is 2.78. The second-order valence-electron chi connectivity index (χ2n) is 6.01. The van der Waals surface area contributed by atoms with Crippen molar-refractivity contribution >= 4 is 0 Å². The van der Waals surface area contributed by atoms with Crippen molar-refractivity contribution in [2.45, 2.75) is 51.2 Å². The number of ether oxygens (including phenoxy) is 1. The van der Waals surface area contributed by atoms with E-state index in [4.69, 9.17) is 4.74 Å². The molecule has 0 amide bonds. The van der Waals surface area contributed by atoms with E-state index >= 15 is 0 Å². The Labute approximate surface area is 103 Å². The maximum atomic E-state index is 6.16. The molecule has 92 valence electrons. The number of nitrogens with one attached hydrogen (secondary N) is 1. The van der Waals surface area contributed by atoms with Crippen molar-refractivity contribution in [3.05, 3.63) is 29.3 Å². The van der Waals surface area contributed by atoms with Gasteiger partial charge in [0.2, 0.25) is 0 Å². The SMILES string of the molecule is CC1NCCC1c1cccc2c1OC(C)(C)C2. The summed E-state index contributed by atoms with van der Waals surface area (Å²) in [6.07, 6.45) is 2.26. The molecule has 2 aliphatic heterocycles. The molecule has 3 rings (SSSR count). The molecule has 2 heteroatoms. The first kappa shape index (κ1) is 11.1. The topological polar surface area (TPSA) is 21.3 Å². The van der Waals surface area contributed by atoms with Gasteiger partial charge in [-0.05, 0) is 44.9 Å². The lowest BCUT2D eigenvalue weighted by Crippen LogP contribution is -2.25. The van der Waals surface area contributed by atoms with Gasteiger partial charge in [0, 0.05) is 18.4 Å². The Morgan fingerprint density at radius 2 is 2.18 bits per heavy atom. The molecule has 1 aromatic carbocycles. The van der Waals surface area contributed by atoms with Crippen LogP contribution in [0.1, 0.15) is 44.2 Å². The Morgan fingerprint density at radius 3 is 2.88 bits per heavy atom. The number of rotatable bonds is 1. The molecular weight excluding hydrogens is 210 g/mol. The van der Waals surface area contributed by atoms with Crippen LogP contribution in [0.15, 0.2) is 18.2 Å². The predicted molar refractivity (Wildman–Crippen MR) is 69.7 cm³/mol. The molecule has 2 unspecified atom stereocenters. The third kappa shape index (κ3) is 1.85. The van der Waals surface area contributed by atoms with Crippen molar-refractivity contribution in [1.29, 1.82) is 0 Å². The molecule has 1 saturated heterocycles. The lowest BCUT2D eigenvalue weighted by Gasteiger charge is -2.21. The normalized spacial score (nSPS) is 30.1. The van der Waals surface area contributed by atoms with Crippen LogP contribution >= 0.6 is 0 Å². The lowest BCUT2D eigenvalue weighted by molar-refractivity contribution is 0.136. The number of hydrogen-bond donors (Lipinski definition) is 1. The standard InChI is InChI=1S/C15H21NO/c1-10-12(7-8-16-10)13-6-4-5-11-9-15(2,3)17-14(11)13/h4-6,10,12,16H,7-9H2,1-3H3. The Hall–Kier alpha value is -1.02. The van der Waals surface area contributed by atoms with Gasteiger partial charge in [-0.2, -0.15) is 0 Å². The van der Waals surface area contributed by atoms with Gasteiger partial charge < -0.3 is 10.1 Å². The minimum Gasteiger partial charge on any atom is -0.487 e. The van der Waals surface area contributed by atoms with Gasteiger partial charge in [0.1, 0.15) is 11.4 Å². The highest BCUT2D eigenvalue weighted by atomic mass is 16.5. The molecule has 17 heavy (non-hydrogen) atoms. The van der Waals surface area contributed by atoms with E-state index in [0.717, 1.165) is 18.7 Å². The van der Waals surface area contributed by atoms with Crippen LogP contribution in [0.25, 0.3) is 0 Å². The average molecular weight is 231 g/mol. The summed E-state index contributed by atoms with van der Waals surface area (Å²) in [4.78, 5) is 0. The zero-order chi connectivity index (χ0) is 12.0. The van der Waals surface area contributed by atoms with E-state index < -0.39 is 0 Å². The van der Waals surface area contributed by atoms with Crippen LogP contribution in [0.5, 0.6) is 5.75 Å². The summed E-state index contributed by atoms with van der Waals surface area (Å²) in [7, 11) is 0. The third-order valence-electron chi connectivity index (χ3n) is 4.05. The number of fused-ring (bicyclic) bond motifs is 1. The molecule has 0 bridgehead atoms. The van der Waals surface area contributed by atoms with Crippen LogP contribution in [0.4, 0.5) is 0 Å². The first-order valence-corrected chi connectivity index (χ1v) is 6.61. The smallest absolute Gasteiger partial charge is 0.126 e. The molecule has 2 heterocycles. The number of benzene rings is 1. The Bertz CT molecular complexity index is 439. The predicted octanol–water partition coefficient (Wildman–Crippen LogP) is 2.87. The first-order valence-electron chi connectivity index (χ1n) is 6.61. The van der Waals surface area contributed by atoms with E-state index in [9.17, 15) is 0 Å². The van der Waals surface area contributed by atoms with E-state index in [2.05, 4.69) is 44.3 Å². The van der Waals surface area contributed by atoms with E-state index in [0.29, 0.717) is 12.0 Å². The Kier molecular flexibility index (Phi) is 2.44. The molecule has 1 fully saturated rings. The van der Waals surface area contributed by atoms with Crippen LogP contribution in [-0.4, -0.2) is 18.2 Å². The fraction of sp³-hybridized carbons (Fsp3) is 0.600. The second-order valence-corrected chi connectivity index (χ2v) is 6.01. The highest BCUT2D eigenvalue weighted by Gasteiger charge is 2.35. The maximum Gasteiger partial charge on any atom is 0.126 e. The third-order valence-corrected chi connectivity index (χ3v) is 4.05. The van der Waals surface area contributed by atoms with Crippen LogP contribution in [0.3, 0.4) is 0 Å². The van der Waals surface area contributed by atoms with Crippen molar-refractivity contribution in [2.75, 3.05) is 6.54 Å². The Balaban J connectivity index is 2.00. The van der Waals surface area contributed by atoms with Crippen molar-refractivity contribution in [3.63, 3.8) is 0 Å². The monoisotopic (exact) mass is 231 g/mol. The van der Waals surface area contributed by atoms with E-state index in [-0.39, 0.29) is 5.60 Å². The van der Waals surface area contributed by atoms with Crippen LogP contribution < -0.4 is 10.1 Å². The van der Waals surface area contributed by atoms with Crippen LogP contribution in [-0.2, 0) is 6.42 Å². The zero-order valence-electron chi connectivity index (χ0n) is 10.9. The first-order chi connectivity index (χ1) is 8.07. The Morgan fingerprint density at radius 1 is 1.35 bits per heavy atom. The quantitative estimate of drug-likeness (QED) is 0.802. The molecule has 0 aliphatic carbocycles. The minimum absolute atomic E-state index is 0.0340.